The topological polar surface area (TPSA) is 124 Å². The molecule has 1 saturated heterocycles. The van der Waals surface area contributed by atoms with Crippen LogP contribution in [0.2, 0.25) is 0 Å². The quantitative estimate of drug-likeness (QED) is 0.369. The number of carbonyl (C=O) groups is 3. The SMILES string of the molecule is CC(C)(C)OC(=O)N1CCC(C)(C)c2ccc(N(C(=O)[C@H]3C[C@@](C)(O)CN3)C(C(=O)NC3CCC(F)(F)CC3)c3cncc(F)c3)cc21. The summed E-state index contributed by atoms with van der Waals surface area (Å²) < 4.78 is 48.4. The summed E-state index contributed by atoms with van der Waals surface area (Å²) in [4.78, 5) is 49.0. The van der Waals surface area contributed by atoms with Crippen molar-refractivity contribution >= 4 is 29.3 Å². The number of benzene rings is 1. The fourth-order valence-electron chi connectivity index (χ4n) is 6.75. The average molecular weight is 674 g/mol. The van der Waals surface area contributed by atoms with Crippen molar-refractivity contribution in [2.24, 2.45) is 0 Å². The third-order valence-corrected chi connectivity index (χ3v) is 9.37. The maximum absolute atomic E-state index is 14.7. The maximum Gasteiger partial charge on any atom is 0.414 e. The summed E-state index contributed by atoms with van der Waals surface area (Å²) in [6.45, 7) is 11.5. The highest BCUT2D eigenvalue weighted by atomic mass is 19.3. The number of fused-ring (bicyclic) bond motifs is 1. The van der Waals surface area contributed by atoms with Crippen LogP contribution in [0.25, 0.3) is 0 Å². The van der Waals surface area contributed by atoms with Crippen LogP contribution < -0.4 is 20.4 Å². The van der Waals surface area contributed by atoms with Crippen molar-refractivity contribution in [3.63, 3.8) is 0 Å². The van der Waals surface area contributed by atoms with Crippen LogP contribution in [-0.4, -0.2) is 70.3 Å². The van der Waals surface area contributed by atoms with Crippen molar-refractivity contribution < 1.29 is 37.4 Å². The summed E-state index contributed by atoms with van der Waals surface area (Å²) in [5.41, 5.74) is -0.704. The summed E-state index contributed by atoms with van der Waals surface area (Å²) in [6.07, 6.45) is 1.66. The van der Waals surface area contributed by atoms with Crippen molar-refractivity contribution in [3.8, 4) is 0 Å². The highest BCUT2D eigenvalue weighted by molar-refractivity contribution is 6.05. The van der Waals surface area contributed by atoms with Gasteiger partial charge in [0.15, 0.2) is 0 Å². The van der Waals surface area contributed by atoms with Crippen LogP contribution in [0.15, 0.2) is 36.7 Å². The summed E-state index contributed by atoms with van der Waals surface area (Å²) >= 11 is 0. The standard InChI is InChI=1S/C35H46F3N5O5/c1-32(2,3)48-31(46)42-14-13-33(4,5)25-8-7-24(16-27(25)42)43(30(45)26-17-34(6,47)20-40-26)28(21-15-22(36)19-39-18-21)29(44)41-23-9-11-35(37,38)12-10-23/h7-8,15-16,18-19,23,26,28,40,47H,9-14,17,20H2,1-6H3,(H,41,44)/t26-,28?,34-/m1/s1. The van der Waals surface area contributed by atoms with E-state index in [9.17, 15) is 32.7 Å². The number of amides is 3. The fourth-order valence-corrected chi connectivity index (χ4v) is 6.75. The normalized spacial score (nSPS) is 24.4. The van der Waals surface area contributed by atoms with Crippen LogP contribution in [-0.2, 0) is 19.7 Å². The first kappa shape index (κ1) is 35.6. The average Bonchev–Trinajstić information content (AvgIpc) is 3.34. The number of alkyl halides is 2. The molecule has 0 radical (unpaired) electrons. The van der Waals surface area contributed by atoms with Crippen LogP contribution in [0.1, 0.15) is 97.2 Å². The van der Waals surface area contributed by atoms with Gasteiger partial charge in [-0.1, -0.05) is 19.9 Å². The molecule has 3 atom stereocenters. The lowest BCUT2D eigenvalue weighted by molar-refractivity contribution is -0.128. The van der Waals surface area contributed by atoms with Gasteiger partial charge in [0.2, 0.25) is 17.7 Å². The Balaban J connectivity index is 1.63. The van der Waals surface area contributed by atoms with E-state index in [-0.39, 0.29) is 42.5 Å². The van der Waals surface area contributed by atoms with Crippen LogP contribution in [0.4, 0.5) is 29.3 Å². The molecule has 3 aliphatic rings. The molecule has 5 rings (SSSR count). The molecular weight excluding hydrogens is 627 g/mol. The van der Waals surface area contributed by atoms with Gasteiger partial charge < -0.3 is 20.5 Å². The third kappa shape index (κ3) is 7.94. The molecular formula is C35H46F3N5O5. The van der Waals surface area contributed by atoms with E-state index in [4.69, 9.17) is 4.74 Å². The number of anilines is 2. The van der Waals surface area contributed by atoms with Crippen molar-refractivity contribution in [1.29, 1.82) is 0 Å². The monoisotopic (exact) mass is 673 g/mol. The fraction of sp³-hybridized carbons (Fsp3) is 0.600. The number of carbonyl (C=O) groups excluding carboxylic acids is 3. The summed E-state index contributed by atoms with van der Waals surface area (Å²) in [5.74, 6) is -4.83. The van der Waals surface area contributed by atoms with E-state index in [1.807, 2.05) is 19.9 Å². The Morgan fingerprint density at radius 1 is 1.10 bits per heavy atom. The van der Waals surface area contributed by atoms with Crippen molar-refractivity contribution in [2.45, 2.75) is 121 Å². The number of hydrogen-bond donors (Lipinski definition) is 3. The zero-order valence-electron chi connectivity index (χ0n) is 28.4. The second kappa shape index (κ2) is 13.0. The minimum absolute atomic E-state index is 0.0344. The van der Waals surface area contributed by atoms with Gasteiger partial charge in [-0.2, -0.15) is 0 Å². The van der Waals surface area contributed by atoms with Crippen LogP contribution in [0.3, 0.4) is 0 Å². The zero-order valence-corrected chi connectivity index (χ0v) is 28.4. The Morgan fingerprint density at radius 3 is 2.40 bits per heavy atom. The van der Waals surface area contributed by atoms with Gasteiger partial charge in [0.25, 0.3) is 0 Å². The minimum Gasteiger partial charge on any atom is -0.443 e. The lowest BCUT2D eigenvalue weighted by Gasteiger charge is -2.41. The number of β-amino-alcohol motifs (C(OH)–C–C–N with tert-alkyl or cyclic N) is 1. The molecule has 1 unspecified atom stereocenters. The van der Waals surface area contributed by atoms with Gasteiger partial charge in [-0.25, -0.2) is 18.0 Å². The summed E-state index contributed by atoms with van der Waals surface area (Å²) in [6, 6.07) is 3.27. The third-order valence-electron chi connectivity index (χ3n) is 9.37. The predicted molar refractivity (Wildman–Crippen MR) is 174 cm³/mol. The Bertz CT molecular complexity index is 1550. The highest BCUT2D eigenvalue weighted by Crippen LogP contribution is 2.44. The molecule has 0 bridgehead atoms. The molecule has 3 heterocycles. The maximum atomic E-state index is 14.7. The molecule has 48 heavy (non-hydrogen) atoms. The molecule has 2 aromatic rings. The van der Waals surface area contributed by atoms with Gasteiger partial charge in [-0.15, -0.1) is 0 Å². The zero-order chi connectivity index (χ0) is 35.2. The van der Waals surface area contributed by atoms with E-state index >= 15 is 0 Å². The molecule has 13 heteroatoms. The lowest BCUT2D eigenvalue weighted by atomic mass is 9.77. The Labute approximate surface area is 279 Å². The number of aromatic nitrogens is 1. The number of hydrogen-bond acceptors (Lipinski definition) is 7. The second-order valence-corrected chi connectivity index (χ2v) is 15.3. The molecule has 2 fully saturated rings. The molecule has 3 amide bonds. The first-order valence-electron chi connectivity index (χ1n) is 16.5. The second-order valence-electron chi connectivity index (χ2n) is 15.3. The Hall–Kier alpha value is -3.71. The number of ether oxygens (including phenoxy) is 1. The summed E-state index contributed by atoms with van der Waals surface area (Å²) in [7, 11) is 0. The van der Waals surface area contributed by atoms with Gasteiger partial charge in [0, 0.05) is 55.8 Å². The molecule has 1 saturated carbocycles. The van der Waals surface area contributed by atoms with E-state index in [2.05, 4.69) is 15.6 Å². The Morgan fingerprint density at radius 2 is 1.79 bits per heavy atom. The smallest absolute Gasteiger partial charge is 0.414 e. The van der Waals surface area contributed by atoms with Gasteiger partial charge in [-0.05, 0) is 76.1 Å². The van der Waals surface area contributed by atoms with Gasteiger partial charge >= 0.3 is 6.09 Å². The Kier molecular flexibility index (Phi) is 9.61. The molecule has 3 N–H and O–H groups in total. The number of halogens is 3. The van der Waals surface area contributed by atoms with Crippen molar-refractivity contribution in [1.82, 2.24) is 15.6 Å². The van der Waals surface area contributed by atoms with E-state index < -0.39 is 71.8 Å². The molecule has 262 valence electrons. The van der Waals surface area contributed by atoms with Crippen LogP contribution in [0.5, 0.6) is 0 Å². The molecule has 0 spiro atoms. The lowest BCUT2D eigenvalue weighted by Crippen LogP contribution is -2.52. The van der Waals surface area contributed by atoms with E-state index in [0.717, 1.165) is 17.8 Å². The predicted octanol–water partition coefficient (Wildman–Crippen LogP) is 5.52. The van der Waals surface area contributed by atoms with Crippen molar-refractivity contribution in [2.75, 3.05) is 22.9 Å². The van der Waals surface area contributed by atoms with Crippen molar-refractivity contribution in [3.05, 3.63) is 53.6 Å². The number of aliphatic hydroxyl groups is 1. The molecule has 1 aliphatic carbocycles. The number of pyridine rings is 1. The molecule has 1 aromatic heterocycles. The first-order chi connectivity index (χ1) is 22.3. The summed E-state index contributed by atoms with van der Waals surface area (Å²) in [5, 5.41) is 16.6. The van der Waals surface area contributed by atoms with Crippen LogP contribution >= 0.6 is 0 Å². The van der Waals surface area contributed by atoms with Gasteiger partial charge in [0.05, 0.1) is 23.5 Å². The molecule has 10 nitrogen and oxygen atoms in total. The minimum atomic E-state index is -2.82. The van der Waals surface area contributed by atoms with Crippen LogP contribution in [0, 0.1) is 5.82 Å². The number of nitrogens with zero attached hydrogens (tertiary/aromatic N) is 3. The number of nitrogens with one attached hydrogen (secondary N) is 2. The van der Waals surface area contributed by atoms with Gasteiger partial charge in [0.1, 0.15) is 17.5 Å². The van der Waals surface area contributed by atoms with E-state index in [1.165, 1.54) is 16.0 Å². The largest absolute Gasteiger partial charge is 0.443 e. The molecule has 2 aliphatic heterocycles. The van der Waals surface area contributed by atoms with Gasteiger partial charge in [-0.3, -0.25) is 24.4 Å². The highest BCUT2D eigenvalue weighted by Gasteiger charge is 2.45. The first-order valence-corrected chi connectivity index (χ1v) is 16.5. The van der Waals surface area contributed by atoms with E-state index in [1.54, 1.807) is 39.8 Å². The molecule has 1 aromatic carbocycles. The van der Waals surface area contributed by atoms with E-state index in [0.29, 0.717) is 18.7 Å². The number of rotatable bonds is 6.